The summed E-state index contributed by atoms with van der Waals surface area (Å²) in [4.78, 5) is 19.3. The van der Waals surface area contributed by atoms with Crippen molar-refractivity contribution in [2.24, 2.45) is 11.7 Å². The van der Waals surface area contributed by atoms with Crippen molar-refractivity contribution in [3.05, 3.63) is 41.6 Å². The van der Waals surface area contributed by atoms with Gasteiger partial charge in [0, 0.05) is 24.5 Å². The molecule has 1 fully saturated rings. The minimum atomic E-state index is 0.0270. The van der Waals surface area contributed by atoms with Gasteiger partial charge in [-0.15, -0.1) is 0 Å². The summed E-state index contributed by atoms with van der Waals surface area (Å²) in [6.45, 7) is 5.60. The van der Waals surface area contributed by atoms with E-state index in [0.717, 1.165) is 42.4 Å². The van der Waals surface area contributed by atoms with Crippen molar-refractivity contribution >= 4 is 16.8 Å². The number of likely N-dealkylation sites (tertiary alicyclic amines) is 1. The first-order valence-corrected chi connectivity index (χ1v) is 7.97. The van der Waals surface area contributed by atoms with Crippen molar-refractivity contribution in [1.82, 2.24) is 9.88 Å². The monoisotopic (exact) mass is 297 g/mol. The molecule has 0 unspecified atom stereocenters. The Bertz CT molecular complexity index is 696. The van der Waals surface area contributed by atoms with Crippen LogP contribution in [0, 0.1) is 12.8 Å². The maximum absolute atomic E-state index is 12.8. The Morgan fingerprint density at radius 1 is 1.41 bits per heavy atom. The van der Waals surface area contributed by atoms with Crippen LogP contribution in [-0.4, -0.2) is 34.9 Å². The molecule has 0 spiro atoms. The number of para-hydroxylation sites is 1. The summed E-state index contributed by atoms with van der Waals surface area (Å²) >= 11 is 0. The molecule has 22 heavy (non-hydrogen) atoms. The van der Waals surface area contributed by atoms with Crippen LogP contribution < -0.4 is 5.73 Å². The summed E-state index contributed by atoms with van der Waals surface area (Å²) in [5, 5.41) is 1.10. The number of aryl methyl sites for hydroxylation is 1. The van der Waals surface area contributed by atoms with Crippen LogP contribution in [0.15, 0.2) is 30.3 Å². The number of pyridine rings is 1. The van der Waals surface area contributed by atoms with E-state index in [-0.39, 0.29) is 11.9 Å². The molecule has 0 radical (unpaired) electrons. The average Bonchev–Trinajstić information content (AvgIpc) is 2.54. The summed E-state index contributed by atoms with van der Waals surface area (Å²) < 4.78 is 0. The van der Waals surface area contributed by atoms with Crippen molar-refractivity contribution in [3.8, 4) is 0 Å². The highest BCUT2D eigenvalue weighted by atomic mass is 16.2. The molecule has 1 aromatic carbocycles. The van der Waals surface area contributed by atoms with E-state index in [1.807, 2.05) is 49.1 Å². The van der Waals surface area contributed by atoms with Crippen LogP contribution in [-0.2, 0) is 0 Å². The number of carbonyl (C=O) groups excluding carboxylic acids is 1. The molecule has 0 saturated carbocycles. The lowest BCUT2D eigenvalue weighted by molar-refractivity contribution is 0.0655. The molecule has 2 atom stereocenters. The van der Waals surface area contributed by atoms with Crippen LogP contribution in [0.2, 0.25) is 0 Å². The van der Waals surface area contributed by atoms with Gasteiger partial charge >= 0.3 is 0 Å². The van der Waals surface area contributed by atoms with Crippen LogP contribution in [0.4, 0.5) is 0 Å². The molecule has 4 nitrogen and oxygen atoms in total. The topological polar surface area (TPSA) is 59.2 Å². The van der Waals surface area contributed by atoms with Crippen LogP contribution in [0.5, 0.6) is 0 Å². The van der Waals surface area contributed by atoms with E-state index in [1.165, 1.54) is 0 Å². The molecule has 2 aromatic rings. The Kier molecular flexibility index (Phi) is 4.12. The van der Waals surface area contributed by atoms with Crippen LogP contribution in [0.1, 0.15) is 35.8 Å². The first kappa shape index (κ1) is 15.0. The molecule has 0 aliphatic carbocycles. The van der Waals surface area contributed by atoms with E-state index in [1.54, 1.807) is 0 Å². The fraction of sp³-hybridized carbons (Fsp3) is 0.444. The van der Waals surface area contributed by atoms with Gasteiger partial charge in [-0.05, 0) is 50.3 Å². The lowest BCUT2D eigenvalue weighted by Crippen LogP contribution is -2.45. The number of nitrogens with two attached hydrogens (primary N) is 1. The average molecular weight is 297 g/mol. The molecule has 1 aromatic heterocycles. The molecule has 2 N–H and O–H groups in total. The Hall–Kier alpha value is -1.94. The maximum Gasteiger partial charge on any atom is 0.272 e. The number of benzene rings is 1. The Labute approximate surface area is 131 Å². The summed E-state index contributed by atoms with van der Waals surface area (Å²) in [6, 6.07) is 9.98. The molecule has 4 heteroatoms. The number of hydrogen-bond donors (Lipinski definition) is 1. The second-order valence-corrected chi connectivity index (χ2v) is 6.35. The highest BCUT2D eigenvalue weighted by Crippen LogP contribution is 2.22. The third-order valence-electron chi connectivity index (χ3n) is 4.63. The lowest BCUT2D eigenvalue weighted by atomic mass is 9.92. The summed E-state index contributed by atoms with van der Waals surface area (Å²) in [5.41, 5.74) is 8.53. The third kappa shape index (κ3) is 2.83. The first-order valence-electron chi connectivity index (χ1n) is 7.97. The number of hydrogen-bond acceptors (Lipinski definition) is 3. The van der Waals surface area contributed by atoms with Gasteiger partial charge in [-0.2, -0.15) is 0 Å². The minimum Gasteiger partial charge on any atom is -0.337 e. The predicted octanol–water partition coefficient (Wildman–Crippen LogP) is 2.74. The summed E-state index contributed by atoms with van der Waals surface area (Å²) in [7, 11) is 0. The van der Waals surface area contributed by atoms with Gasteiger partial charge in [0.2, 0.25) is 0 Å². The molecule has 0 bridgehead atoms. The SMILES string of the molecule is Cc1cc(C(=O)N2CCC[C@H]([C@H](C)N)C2)nc2ccccc12. The smallest absolute Gasteiger partial charge is 0.272 e. The second kappa shape index (κ2) is 6.05. The highest BCUT2D eigenvalue weighted by molar-refractivity contribution is 5.96. The quantitative estimate of drug-likeness (QED) is 0.927. The number of amides is 1. The number of carbonyl (C=O) groups is 1. The van der Waals surface area contributed by atoms with Gasteiger partial charge in [0.15, 0.2) is 0 Å². The molecule has 3 rings (SSSR count). The van der Waals surface area contributed by atoms with Crippen LogP contribution >= 0.6 is 0 Å². The third-order valence-corrected chi connectivity index (χ3v) is 4.63. The zero-order valence-corrected chi connectivity index (χ0v) is 13.2. The Balaban J connectivity index is 1.88. The molecule has 1 saturated heterocycles. The predicted molar refractivity (Wildman–Crippen MR) is 88.8 cm³/mol. The van der Waals surface area contributed by atoms with E-state index in [0.29, 0.717) is 11.6 Å². The number of rotatable bonds is 2. The fourth-order valence-electron chi connectivity index (χ4n) is 3.24. The first-order chi connectivity index (χ1) is 10.6. The normalized spacial score (nSPS) is 20.1. The van der Waals surface area contributed by atoms with Crippen LogP contribution in [0.3, 0.4) is 0 Å². The molecular formula is C18H23N3O. The van der Waals surface area contributed by atoms with Crippen molar-refractivity contribution in [2.45, 2.75) is 32.7 Å². The standard InChI is InChI=1S/C18H23N3O/c1-12-10-17(20-16-8-4-3-7-15(12)16)18(22)21-9-5-6-14(11-21)13(2)19/h3-4,7-8,10,13-14H,5-6,9,11,19H2,1-2H3/t13-,14-/m0/s1. The van der Waals surface area contributed by atoms with Gasteiger partial charge in [0.05, 0.1) is 5.52 Å². The van der Waals surface area contributed by atoms with E-state index >= 15 is 0 Å². The molecule has 116 valence electrons. The molecule has 1 aliphatic rings. The zero-order valence-electron chi connectivity index (χ0n) is 13.2. The lowest BCUT2D eigenvalue weighted by Gasteiger charge is -2.34. The van der Waals surface area contributed by atoms with Crippen molar-refractivity contribution in [1.29, 1.82) is 0 Å². The highest BCUT2D eigenvalue weighted by Gasteiger charge is 2.27. The van der Waals surface area contributed by atoms with Gasteiger partial charge < -0.3 is 10.6 Å². The van der Waals surface area contributed by atoms with E-state index in [4.69, 9.17) is 5.73 Å². The van der Waals surface area contributed by atoms with Crippen molar-refractivity contribution < 1.29 is 4.79 Å². The largest absolute Gasteiger partial charge is 0.337 e. The van der Waals surface area contributed by atoms with Gasteiger partial charge in [-0.1, -0.05) is 18.2 Å². The van der Waals surface area contributed by atoms with E-state index < -0.39 is 0 Å². The van der Waals surface area contributed by atoms with Gasteiger partial charge in [-0.3, -0.25) is 4.79 Å². The summed E-state index contributed by atoms with van der Waals surface area (Å²) in [6.07, 6.45) is 2.12. The van der Waals surface area contributed by atoms with Gasteiger partial charge in [-0.25, -0.2) is 4.98 Å². The van der Waals surface area contributed by atoms with Crippen LogP contribution in [0.25, 0.3) is 10.9 Å². The Morgan fingerprint density at radius 2 is 2.18 bits per heavy atom. The molecular weight excluding hydrogens is 274 g/mol. The Morgan fingerprint density at radius 3 is 2.95 bits per heavy atom. The van der Waals surface area contributed by atoms with E-state index in [9.17, 15) is 4.79 Å². The molecule has 2 heterocycles. The maximum atomic E-state index is 12.8. The summed E-state index contributed by atoms with van der Waals surface area (Å²) in [5.74, 6) is 0.415. The van der Waals surface area contributed by atoms with Gasteiger partial charge in [0.25, 0.3) is 5.91 Å². The zero-order chi connectivity index (χ0) is 15.7. The molecule has 1 aliphatic heterocycles. The number of nitrogens with zero attached hydrogens (tertiary/aromatic N) is 2. The number of piperidine rings is 1. The van der Waals surface area contributed by atoms with Crippen molar-refractivity contribution in [2.75, 3.05) is 13.1 Å². The number of fused-ring (bicyclic) bond motifs is 1. The van der Waals surface area contributed by atoms with Crippen molar-refractivity contribution in [3.63, 3.8) is 0 Å². The minimum absolute atomic E-state index is 0.0270. The second-order valence-electron chi connectivity index (χ2n) is 6.35. The fourth-order valence-corrected chi connectivity index (χ4v) is 3.24. The number of aromatic nitrogens is 1. The molecule has 1 amide bonds. The van der Waals surface area contributed by atoms with Gasteiger partial charge in [0.1, 0.15) is 5.69 Å². The van der Waals surface area contributed by atoms with E-state index in [2.05, 4.69) is 4.98 Å².